The summed E-state index contributed by atoms with van der Waals surface area (Å²) >= 11 is 0. The lowest BCUT2D eigenvalue weighted by atomic mass is 10.0. The number of carbonyl (C=O) groups is 4. The molecule has 2 aromatic rings. The average Bonchev–Trinajstić information content (AvgIpc) is 3.38. The van der Waals surface area contributed by atoms with Gasteiger partial charge in [0.05, 0.1) is 54.2 Å². The predicted molar refractivity (Wildman–Crippen MR) is 144 cm³/mol. The van der Waals surface area contributed by atoms with Gasteiger partial charge >= 0.3 is 12.1 Å². The number of hydrogen-bond donors (Lipinski definition) is 3. The van der Waals surface area contributed by atoms with E-state index in [4.69, 9.17) is 14.2 Å². The van der Waals surface area contributed by atoms with Crippen LogP contribution in [-0.2, 0) is 30.3 Å². The van der Waals surface area contributed by atoms with Gasteiger partial charge in [0.1, 0.15) is 12.2 Å². The lowest BCUT2D eigenvalue weighted by Gasteiger charge is -2.24. The Morgan fingerprint density at radius 2 is 1.95 bits per heavy atom. The molecule has 0 radical (unpaired) electrons. The Bertz CT molecular complexity index is 1280. The third-order valence-electron chi connectivity index (χ3n) is 5.49. The molecule has 3 N–H and O–H groups in total. The van der Waals surface area contributed by atoms with E-state index < -0.39 is 17.7 Å². The van der Waals surface area contributed by atoms with Crippen LogP contribution in [0.2, 0.25) is 0 Å². The zero-order chi connectivity index (χ0) is 28.7. The van der Waals surface area contributed by atoms with E-state index in [-0.39, 0.29) is 44.7 Å². The van der Waals surface area contributed by atoms with Crippen molar-refractivity contribution in [3.8, 4) is 0 Å². The molecule has 0 atom stereocenters. The Morgan fingerprint density at radius 3 is 2.64 bits per heavy atom. The van der Waals surface area contributed by atoms with Crippen molar-refractivity contribution in [2.75, 3.05) is 38.7 Å². The number of aromatic amines is 1. The molecule has 3 heterocycles. The SMILES string of the molecule is CCOC(=O)c1cc(C)[nH]c1/C=C1\C(=O)Nc2cnc(CNC(=O)COCCN(C)C(=O)OC(C)(C)C)cc21. The molecule has 3 rings (SSSR count). The number of aromatic nitrogens is 2. The summed E-state index contributed by atoms with van der Waals surface area (Å²) in [5.74, 6) is -1.17. The van der Waals surface area contributed by atoms with Crippen molar-refractivity contribution in [1.82, 2.24) is 20.2 Å². The molecule has 0 bridgehead atoms. The quantitative estimate of drug-likeness (QED) is 0.236. The molecule has 0 saturated carbocycles. The molecule has 210 valence electrons. The molecule has 0 fully saturated rings. The number of ether oxygens (including phenoxy) is 3. The van der Waals surface area contributed by atoms with Crippen LogP contribution >= 0.6 is 0 Å². The number of pyridine rings is 1. The number of carbonyl (C=O) groups excluding carboxylic acids is 4. The number of anilines is 1. The summed E-state index contributed by atoms with van der Waals surface area (Å²) in [5.41, 5.74) is 2.96. The largest absolute Gasteiger partial charge is 0.462 e. The summed E-state index contributed by atoms with van der Waals surface area (Å²) in [6.45, 7) is 9.46. The molecular formula is C27H35N5O7. The minimum absolute atomic E-state index is 0.116. The number of hydrogen-bond acceptors (Lipinski definition) is 8. The first kappa shape index (κ1) is 29.4. The standard InChI is InChI=1S/C27H35N5O7/c1-7-38-25(35)20-10-16(2)30-21(20)12-19-18-11-17(28-14-22(18)31-24(19)34)13-29-23(33)15-37-9-8-32(6)26(36)39-27(3,4)5/h10-12,14,30H,7-9,13,15H2,1-6H3,(H,29,33)(H,31,34)/b19-12-. The van der Waals surface area contributed by atoms with Gasteiger partial charge < -0.3 is 34.7 Å². The third kappa shape index (κ3) is 8.14. The van der Waals surface area contributed by atoms with Crippen LogP contribution in [0, 0.1) is 6.92 Å². The second kappa shape index (κ2) is 12.6. The molecule has 2 aromatic heterocycles. The minimum atomic E-state index is -0.593. The van der Waals surface area contributed by atoms with Gasteiger partial charge in [-0.15, -0.1) is 0 Å². The zero-order valence-corrected chi connectivity index (χ0v) is 23.1. The molecule has 1 aliphatic heterocycles. The highest BCUT2D eigenvalue weighted by Crippen LogP contribution is 2.33. The van der Waals surface area contributed by atoms with Gasteiger partial charge in [-0.25, -0.2) is 9.59 Å². The van der Waals surface area contributed by atoms with Crippen LogP contribution in [-0.4, -0.2) is 77.8 Å². The molecule has 0 aliphatic carbocycles. The van der Waals surface area contributed by atoms with Gasteiger partial charge in [-0.2, -0.15) is 0 Å². The Labute approximate surface area is 227 Å². The van der Waals surface area contributed by atoms with E-state index in [0.29, 0.717) is 33.8 Å². The number of nitrogens with one attached hydrogen (secondary N) is 3. The van der Waals surface area contributed by atoms with Crippen molar-refractivity contribution in [2.24, 2.45) is 0 Å². The Kier molecular flexibility index (Phi) is 9.47. The van der Waals surface area contributed by atoms with Gasteiger partial charge in [-0.1, -0.05) is 0 Å². The fourth-order valence-corrected chi connectivity index (χ4v) is 3.66. The van der Waals surface area contributed by atoms with Crippen molar-refractivity contribution >= 4 is 41.2 Å². The fraction of sp³-hybridized carbons (Fsp3) is 0.444. The van der Waals surface area contributed by atoms with Crippen molar-refractivity contribution in [3.63, 3.8) is 0 Å². The Hall–Kier alpha value is -4.19. The molecule has 3 amide bonds. The maximum atomic E-state index is 12.7. The number of esters is 1. The number of nitrogens with zero attached hydrogens (tertiary/aromatic N) is 2. The summed E-state index contributed by atoms with van der Waals surface area (Å²) in [5, 5.41) is 5.49. The number of fused-ring (bicyclic) bond motifs is 1. The second-order valence-corrected chi connectivity index (χ2v) is 9.96. The van der Waals surface area contributed by atoms with Crippen molar-refractivity contribution in [1.29, 1.82) is 0 Å². The van der Waals surface area contributed by atoms with Crippen molar-refractivity contribution in [3.05, 3.63) is 46.5 Å². The molecule has 12 heteroatoms. The highest BCUT2D eigenvalue weighted by atomic mass is 16.6. The highest BCUT2D eigenvalue weighted by Gasteiger charge is 2.26. The van der Waals surface area contributed by atoms with Crippen LogP contribution in [0.25, 0.3) is 11.6 Å². The van der Waals surface area contributed by atoms with E-state index in [1.165, 1.54) is 11.1 Å². The monoisotopic (exact) mass is 541 g/mol. The molecule has 1 aliphatic rings. The number of rotatable bonds is 10. The number of likely N-dealkylation sites (N-methyl/N-ethyl adjacent to an activating group) is 1. The van der Waals surface area contributed by atoms with Crippen LogP contribution in [0.3, 0.4) is 0 Å². The number of aryl methyl sites for hydroxylation is 1. The molecule has 0 unspecified atom stereocenters. The van der Waals surface area contributed by atoms with Crippen LogP contribution in [0.1, 0.15) is 60.7 Å². The lowest BCUT2D eigenvalue weighted by Crippen LogP contribution is -2.36. The van der Waals surface area contributed by atoms with Crippen LogP contribution in [0.5, 0.6) is 0 Å². The Morgan fingerprint density at radius 1 is 1.21 bits per heavy atom. The van der Waals surface area contributed by atoms with Gasteiger partial charge in [0.2, 0.25) is 5.91 Å². The summed E-state index contributed by atoms with van der Waals surface area (Å²) in [4.78, 5) is 58.0. The van der Waals surface area contributed by atoms with E-state index in [0.717, 1.165) is 5.69 Å². The summed E-state index contributed by atoms with van der Waals surface area (Å²) in [7, 11) is 1.59. The van der Waals surface area contributed by atoms with E-state index in [1.807, 2.05) is 0 Å². The van der Waals surface area contributed by atoms with E-state index in [2.05, 4.69) is 20.6 Å². The highest BCUT2D eigenvalue weighted by molar-refractivity contribution is 6.35. The normalized spacial score (nSPS) is 13.6. The molecule has 0 aromatic carbocycles. The van der Waals surface area contributed by atoms with E-state index in [9.17, 15) is 19.2 Å². The average molecular weight is 542 g/mol. The second-order valence-electron chi connectivity index (χ2n) is 9.96. The molecule has 0 saturated heterocycles. The maximum absolute atomic E-state index is 12.7. The van der Waals surface area contributed by atoms with Crippen LogP contribution < -0.4 is 10.6 Å². The first-order valence-corrected chi connectivity index (χ1v) is 12.6. The minimum Gasteiger partial charge on any atom is -0.462 e. The van der Waals surface area contributed by atoms with Crippen molar-refractivity contribution < 1.29 is 33.4 Å². The summed E-state index contributed by atoms with van der Waals surface area (Å²) in [6.07, 6.45) is 2.65. The zero-order valence-electron chi connectivity index (χ0n) is 23.1. The number of amides is 3. The molecular weight excluding hydrogens is 506 g/mol. The van der Waals surface area contributed by atoms with Gasteiger partial charge in [-0.3, -0.25) is 14.6 Å². The van der Waals surface area contributed by atoms with E-state index in [1.54, 1.807) is 59.9 Å². The Balaban J connectivity index is 1.58. The van der Waals surface area contributed by atoms with Crippen LogP contribution in [0.4, 0.5) is 10.5 Å². The van der Waals surface area contributed by atoms with Gasteiger partial charge in [0.15, 0.2) is 0 Å². The van der Waals surface area contributed by atoms with Gasteiger partial charge in [0, 0.05) is 24.8 Å². The fourth-order valence-electron chi connectivity index (χ4n) is 3.66. The molecule has 39 heavy (non-hydrogen) atoms. The summed E-state index contributed by atoms with van der Waals surface area (Å²) < 4.78 is 15.8. The summed E-state index contributed by atoms with van der Waals surface area (Å²) in [6, 6.07) is 3.37. The predicted octanol–water partition coefficient (Wildman–Crippen LogP) is 2.89. The smallest absolute Gasteiger partial charge is 0.410 e. The van der Waals surface area contributed by atoms with Crippen LogP contribution in [0.15, 0.2) is 18.3 Å². The first-order valence-electron chi connectivity index (χ1n) is 12.6. The van der Waals surface area contributed by atoms with E-state index >= 15 is 0 Å². The van der Waals surface area contributed by atoms with Gasteiger partial charge in [0.25, 0.3) is 5.91 Å². The molecule has 12 nitrogen and oxygen atoms in total. The topological polar surface area (TPSA) is 152 Å². The van der Waals surface area contributed by atoms with Crippen molar-refractivity contribution in [2.45, 2.75) is 46.8 Å². The first-order chi connectivity index (χ1) is 18.4. The lowest BCUT2D eigenvalue weighted by molar-refractivity contribution is -0.126. The third-order valence-corrected chi connectivity index (χ3v) is 5.49. The number of H-pyrrole nitrogens is 1. The van der Waals surface area contributed by atoms with Gasteiger partial charge in [-0.05, 0) is 52.8 Å². The molecule has 0 spiro atoms. The maximum Gasteiger partial charge on any atom is 0.410 e.